The maximum atomic E-state index is 2.52. The summed E-state index contributed by atoms with van der Waals surface area (Å²) in [6, 6.07) is 37.7. The van der Waals surface area contributed by atoms with Crippen LogP contribution in [0, 0.1) is 0 Å². The third kappa shape index (κ3) is 2.13. The van der Waals surface area contributed by atoms with E-state index in [4.69, 9.17) is 0 Å². The number of hydrogen-bond acceptors (Lipinski definition) is 0. The lowest BCUT2D eigenvalue weighted by atomic mass is 9.81. The van der Waals surface area contributed by atoms with Gasteiger partial charge in [0.1, 0.15) is 0 Å². The number of para-hydroxylation sites is 1. The molecule has 0 radical (unpaired) electrons. The Morgan fingerprint density at radius 3 is 2.00 bits per heavy atom. The lowest BCUT2D eigenvalue weighted by Crippen LogP contribution is -2.14. The maximum Gasteiger partial charge on any atom is 0.0591 e. The predicted octanol–water partition coefficient (Wildman–Crippen LogP) is 8.24. The predicted molar refractivity (Wildman–Crippen MR) is 136 cm³/mol. The lowest BCUT2D eigenvalue weighted by Gasteiger charge is -2.22. The molecule has 1 aromatic heterocycles. The first kappa shape index (κ1) is 17.8. The van der Waals surface area contributed by atoms with Crippen LogP contribution in [0.5, 0.6) is 0 Å². The van der Waals surface area contributed by atoms with Crippen molar-refractivity contribution in [2.45, 2.75) is 19.3 Å². The number of aromatic nitrogens is 1. The first-order valence-electron chi connectivity index (χ1n) is 11.3. The number of hydrogen-bond donors (Lipinski definition) is 0. The molecular formula is C31H23N. The van der Waals surface area contributed by atoms with Crippen molar-refractivity contribution in [1.82, 2.24) is 4.57 Å². The Morgan fingerprint density at radius 1 is 0.562 bits per heavy atom. The van der Waals surface area contributed by atoms with Crippen LogP contribution in [-0.2, 0) is 5.41 Å². The zero-order valence-electron chi connectivity index (χ0n) is 18.3. The summed E-state index contributed by atoms with van der Waals surface area (Å²) < 4.78 is 2.52. The van der Waals surface area contributed by atoms with Crippen LogP contribution >= 0.6 is 0 Å². The van der Waals surface area contributed by atoms with Crippen molar-refractivity contribution in [3.8, 4) is 16.9 Å². The third-order valence-corrected chi connectivity index (χ3v) is 7.35. The van der Waals surface area contributed by atoms with Gasteiger partial charge in [0, 0.05) is 21.8 Å². The molecule has 1 nitrogen and oxygen atoms in total. The molecule has 0 bridgehead atoms. The van der Waals surface area contributed by atoms with E-state index < -0.39 is 0 Å². The second kappa shape index (κ2) is 6.11. The van der Waals surface area contributed by atoms with Crippen LogP contribution < -0.4 is 0 Å². The summed E-state index contributed by atoms with van der Waals surface area (Å²) in [4.78, 5) is 0. The number of nitrogens with zero attached hydrogens (tertiary/aromatic N) is 1. The Morgan fingerprint density at radius 2 is 1.19 bits per heavy atom. The van der Waals surface area contributed by atoms with Crippen LogP contribution in [0.25, 0.3) is 49.4 Å². The molecule has 6 aromatic rings. The van der Waals surface area contributed by atoms with E-state index in [-0.39, 0.29) is 5.41 Å². The smallest absolute Gasteiger partial charge is 0.0591 e. The van der Waals surface area contributed by atoms with Gasteiger partial charge in [0.2, 0.25) is 0 Å². The van der Waals surface area contributed by atoms with E-state index in [9.17, 15) is 0 Å². The lowest BCUT2D eigenvalue weighted by molar-refractivity contribution is 0.667. The standard InChI is InChI=1S/C31H23N/c1-31(2)25-19-18-21-11-4-6-14-23(21)28(25)30-29(31)24-15-7-8-16-27(24)32(30)26-17-9-12-20-10-3-5-13-22(20)26/h3-19H,1-2H3. The summed E-state index contributed by atoms with van der Waals surface area (Å²) in [5.41, 5.74) is 8.04. The topological polar surface area (TPSA) is 4.93 Å². The fourth-order valence-electron chi connectivity index (χ4n) is 5.95. The van der Waals surface area contributed by atoms with Crippen molar-refractivity contribution < 1.29 is 0 Å². The molecule has 152 valence electrons. The molecule has 1 heteroatoms. The molecule has 0 aliphatic heterocycles. The number of rotatable bonds is 1. The van der Waals surface area contributed by atoms with E-state index in [2.05, 4.69) is 122 Å². The number of benzene rings is 5. The second-order valence-electron chi connectivity index (χ2n) is 9.41. The van der Waals surface area contributed by atoms with E-state index in [1.807, 2.05) is 0 Å². The Balaban J connectivity index is 1.74. The molecule has 0 saturated heterocycles. The van der Waals surface area contributed by atoms with Gasteiger partial charge in [0.15, 0.2) is 0 Å². The van der Waals surface area contributed by atoms with Crippen molar-refractivity contribution in [1.29, 1.82) is 0 Å². The number of fused-ring (bicyclic) bond motifs is 8. The highest BCUT2D eigenvalue weighted by molar-refractivity contribution is 6.08. The molecule has 0 unspecified atom stereocenters. The zero-order valence-corrected chi connectivity index (χ0v) is 18.3. The maximum absolute atomic E-state index is 2.52. The molecule has 5 aromatic carbocycles. The van der Waals surface area contributed by atoms with Gasteiger partial charge >= 0.3 is 0 Å². The van der Waals surface area contributed by atoms with Crippen molar-refractivity contribution in [2.75, 3.05) is 0 Å². The monoisotopic (exact) mass is 409 g/mol. The average molecular weight is 410 g/mol. The van der Waals surface area contributed by atoms with Gasteiger partial charge in [-0.2, -0.15) is 0 Å². The van der Waals surface area contributed by atoms with E-state index in [0.717, 1.165) is 0 Å². The minimum Gasteiger partial charge on any atom is -0.308 e. The van der Waals surface area contributed by atoms with Crippen LogP contribution in [0.2, 0.25) is 0 Å². The van der Waals surface area contributed by atoms with Crippen molar-refractivity contribution in [3.63, 3.8) is 0 Å². The zero-order chi connectivity index (χ0) is 21.4. The van der Waals surface area contributed by atoms with Gasteiger partial charge in [-0.3, -0.25) is 0 Å². The molecule has 0 saturated carbocycles. The normalized spacial score (nSPS) is 14.2. The first-order valence-corrected chi connectivity index (χ1v) is 11.3. The molecule has 0 spiro atoms. The van der Waals surface area contributed by atoms with E-state index in [1.54, 1.807) is 0 Å². The fraction of sp³-hybridized carbons (Fsp3) is 0.0968. The van der Waals surface area contributed by atoms with Crippen LogP contribution in [-0.4, -0.2) is 4.57 Å². The summed E-state index contributed by atoms with van der Waals surface area (Å²) in [5.74, 6) is 0. The third-order valence-electron chi connectivity index (χ3n) is 7.35. The Hall–Kier alpha value is -3.84. The van der Waals surface area contributed by atoms with Crippen molar-refractivity contribution in [2.24, 2.45) is 0 Å². The largest absolute Gasteiger partial charge is 0.308 e. The van der Waals surface area contributed by atoms with Crippen LogP contribution in [0.3, 0.4) is 0 Å². The van der Waals surface area contributed by atoms with Gasteiger partial charge < -0.3 is 4.57 Å². The van der Waals surface area contributed by atoms with Crippen molar-refractivity contribution in [3.05, 3.63) is 114 Å². The average Bonchev–Trinajstić information content (AvgIpc) is 3.29. The molecule has 0 atom stereocenters. The van der Waals surface area contributed by atoms with Gasteiger partial charge in [-0.15, -0.1) is 0 Å². The highest BCUT2D eigenvalue weighted by Gasteiger charge is 2.41. The van der Waals surface area contributed by atoms with Crippen molar-refractivity contribution >= 4 is 32.4 Å². The molecular weight excluding hydrogens is 386 g/mol. The highest BCUT2D eigenvalue weighted by atomic mass is 15.0. The van der Waals surface area contributed by atoms with E-state index in [0.29, 0.717) is 0 Å². The quantitative estimate of drug-likeness (QED) is 0.258. The molecule has 0 amide bonds. The van der Waals surface area contributed by atoms with E-state index in [1.165, 1.54) is 60.5 Å². The Bertz CT molecular complexity index is 1690. The molecule has 0 fully saturated rings. The summed E-state index contributed by atoms with van der Waals surface area (Å²) in [6.45, 7) is 4.76. The van der Waals surface area contributed by atoms with Gasteiger partial charge in [0.25, 0.3) is 0 Å². The van der Waals surface area contributed by atoms with E-state index >= 15 is 0 Å². The van der Waals surface area contributed by atoms with Crippen LogP contribution in [0.4, 0.5) is 0 Å². The van der Waals surface area contributed by atoms with Crippen LogP contribution in [0.1, 0.15) is 25.0 Å². The molecule has 0 N–H and O–H groups in total. The molecule has 1 aliphatic carbocycles. The summed E-state index contributed by atoms with van der Waals surface area (Å²) in [7, 11) is 0. The Labute approximate surface area is 187 Å². The molecule has 1 heterocycles. The minimum atomic E-state index is -0.0653. The molecule has 7 rings (SSSR count). The second-order valence-corrected chi connectivity index (χ2v) is 9.41. The fourth-order valence-corrected chi connectivity index (χ4v) is 5.95. The highest BCUT2D eigenvalue weighted by Crippen LogP contribution is 2.55. The summed E-state index contributed by atoms with van der Waals surface area (Å²) in [5, 5.41) is 6.53. The first-order chi connectivity index (χ1) is 15.7. The van der Waals surface area contributed by atoms with Gasteiger partial charge in [-0.25, -0.2) is 0 Å². The molecule has 1 aliphatic rings. The van der Waals surface area contributed by atoms with Gasteiger partial charge in [0.05, 0.1) is 16.9 Å². The summed E-state index contributed by atoms with van der Waals surface area (Å²) >= 11 is 0. The van der Waals surface area contributed by atoms with Crippen LogP contribution in [0.15, 0.2) is 103 Å². The minimum absolute atomic E-state index is 0.0653. The van der Waals surface area contributed by atoms with Gasteiger partial charge in [-0.05, 0) is 39.4 Å². The Kier molecular flexibility index (Phi) is 3.40. The SMILES string of the molecule is CC1(C)c2ccc3ccccc3c2-c2c1c1ccccc1n2-c1cccc2ccccc12. The summed E-state index contributed by atoms with van der Waals surface area (Å²) in [6.07, 6.45) is 0. The van der Waals surface area contributed by atoms with Gasteiger partial charge in [-0.1, -0.05) is 105 Å². The molecule has 32 heavy (non-hydrogen) atoms.